The molecule has 0 aliphatic heterocycles. The Labute approximate surface area is 792 Å². The maximum Gasteiger partial charge on any atom is 0.323 e. The lowest BCUT2D eigenvalue weighted by atomic mass is 9.99. The van der Waals surface area contributed by atoms with Crippen molar-refractivity contribution in [2.75, 3.05) is 19.8 Å². The first-order chi connectivity index (χ1) is 60.0. The predicted molar refractivity (Wildman–Crippen MR) is 557 cm³/mol. The van der Waals surface area contributed by atoms with Crippen molar-refractivity contribution in [2.45, 2.75) is 229 Å². The smallest absolute Gasteiger partial charge is 0.323 e. The minimum Gasteiger partial charge on any atom is -0.481 e. The van der Waals surface area contributed by atoms with Crippen molar-refractivity contribution in [3.05, 3.63) is 260 Å². The molecule has 10 aromatic carbocycles. The van der Waals surface area contributed by atoms with Crippen LogP contribution in [0.25, 0.3) is 32.3 Å². The summed E-state index contributed by atoms with van der Waals surface area (Å²) in [5.41, 5.74) is 2.06. The summed E-state index contributed by atoms with van der Waals surface area (Å²) < 4.78 is 71.7. The van der Waals surface area contributed by atoms with Gasteiger partial charge in [-0.2, -0.15) is 0 Å². The number of carbonyl (C=O) groups excluding carboxylic acids is 4. The monoisotopic (exact) mass is 1940 g/mol. The third kappa shape index (κ3) is 34.2. The van der Waals surface area contributed by atoms with Crippen LogP contribution in [0.1, 0.15) is 176 Å². The highest BCUT2D eigenvalue weighted by molar-refractivity contribution is 8.13. The van der Waals surface area contributed by atoms with Crippen LogP contribution in [0.5, 0.6) is 28.7 Å². The fourth-order valence-electron chi connectivity index (χ4n) is 11.4. The second-order valence-corrected chi connectivity index (χ2v) is 55.9. The predicted octanol–water partition coefficient (Wildman–Crippen LogP) is 26.3. The normalized spacial score (nSPS) is 15.1. The van der Waals surface area contributed by atoms with Gasteiger partial charge in [0.2, 0.25) is 0 Å². The SMILES string of the molecule is CC(C)P(=S)(N[C@H](C)C(=O)OCC(C)(C)C)Oc1cccc2ccccc12.CCOC(=O)[C@@H](C)NP(=S)(Oc1ccccc1)C(C)(C)C.CCOC(=O)[C@H](C)NP(=S)(Oc1ccccc1)C(C)C.C[C@@H](NP(=S)(Oc1cccc2ccccc12)C(C)(C)C)C(=O)OCc1ccccc1.C[C@H](NP(=O)(Oc1cccc2ccccc12)C(C)(C)C)C(=S)OCc1ccccc1.[HH].[HH].[HH].[HH]. The molecule has 0 saturated carbocycles. The van der Waals surface area contributed by atoms with E-state index < -0.39 is 68.5 Å². The first-order valence-corrected chi connectivity index (χ1v) is 55.9. The summed E-state index contributed by atoms with van der Waals surface area (Å²) in [6, 6.07) is 77.3. The number of rotatable bonds is 34. The van der Waals surface area contributed by atoms with Crippen LogP contribution in [-0.2, 0) is 108 Å². The molecular formula is C98H140N5O15P5S5. The molecule has 0 aliphatic carbocycles. The second kappa shape index (κ2) is 50.3. The zero-order valence-corrected chi connectivity index (χ0v) is 86.7. The highest BCUT2D eigenvalue weighted by Crippen LogP contribution is 2.59. The van der Waals surface area contributed by atoms with Crippen LogP contribution in [0.3, 0.4) is 0 Å². The molecule has 0 fully saturated rings. The molecule has 128 heavy (non-hydrogen) atoms. The van der Waals surface area contributed by atoms with E-state index in [1.165, 1.54) is 0 Å². The Morgan fingerprint density at radius 3 is 1.00 bits per heavy atom. The number of hydrogen-bond acceptors (Lipinski definition) is 20. The van der Waals surface area contributed by atoms with Crippen LogP contribution >= 0.6 is 45.4 Å². The van der Waals surface area contributed by atoms with Gasteiger partial charge in [0.15, 0.2) is 30.7 Å². The molecular weight excluding hydrogens is 1800 g/mol. The van der Waals surface area contributed by atoms with Crippen molar-refractivity contribution in [2.24, 2.45) is 5.41 Å². The Bertz CT molecular complexity index is 5320. The number of fused-ring (bicyclic) bond motifs is 3. The maximum absolute atomic E-state index is 14.0. The minimum atomic E-state index is -3.35. The lowest BCUT2D eigenvalue weighted by molar-refractivity contribution is -0.148. The summed E-state index contributed by atoms with van der Waals surface area (Å²) in [4.78, 5) is 48.6. The Morgan fingerprint density at radius 2 is 0.633 bits per heavy atom. The summed E-state index contributed by atoms with van der Waals surface area (Å²) in [6.45, 7) is 46.1. The summed E-state index contributed by atoms with van der Waals surface area (Å²) in [6.07, 6.45) is -10.0. The Morgan fingerprint density at radius 1 is 0.328 bits per heavy atom. The van der Waals surface area contributed by atoms with Crippen molar-refractivity contribution in [1.29, 1.82) is 0 Å². The van der Waals surface area contributed by atoms with E-state index in [9.17, 15) is 23.7 Å². The molecule has 20 nitrogen and oxygen atoms in total. The van der Waals surface area contributed by atoms with E-state index in [1.807, 2.05) is 366 Å². The van der Waals surface area contributed by atoms with Gasteiger partial charge in [-0.1, -0.05) is 296 Å². The number of ether oxygens (including phenoxy) is 5. The first-order valence-electron chi connectivity index (χ1n) is 42.8. The lowest BCUT2D eigenvalue weighted by Gasteiger charge is -2.37. The molecule has 10 aromatic rings. The molecule has 0 aromatic heterocycles. The maximum atomic E-state index is 14.0. The molecule has 0 heterocycles. The second-order valence-electron chi connectivity index (χ2n) is 35.2. The number of esters is 4. The van der Waals surface area contributed by atoms with E-state index in [0.717, 1.165) is 54.9 Å². The van der Waals surface area contributed by atoms with Gasteiger partial charge in [-0.05, 0) is 204 Å². The first kappa shape index (κ1) is 109. The Kier molecular flexibility index (Phi) is 42.9. The van der Waals surface area contributed by atoms with Gasteiger partial charge in [-0.25, -0.2) is 25.4 Å². The average Bonchev–Trinajstić information content (AvgIpc) is 0.782. The molecule has 0 radical (unpaired) electrons. The van der Waals surface area contributed by atoms with Gasteiger partial charge in [0.05, 0.1) is 31.0 Å². The number of benzene rings is 10. The van der Waals surface area contributed by atoms with Crippen LogP contribution < -0.4 is 48.1 Å². The third-order valence-corrected chi connectivity index (χ3v) is 41.6. The van der Waals surface area contributed by atoms with Gasteiger partial charge in [0, 0.05) is 43.5 Å². The van der Waals surface area contributed by atoms with Crippen LogP contribution in [0.4, 0.5) is 0 Å². The molecule has 5 unspecified atom stereocenters. The molecule has 10 atom stereocenters. The van der Waals surface area contributed by atoms with Crippen molar-refractivity contribution >= 4 is 154 Å². The molecule has 0 amide bonds. The largest absolute Gasteiger partial charge is 0.481 e. The number of carbonyl (C=O) groups is 4. The molecule has 0 spiro atoms. The van der Waals surface area contributed by atoms with Gasteiger partial charge in [-0.15, -0.1) is 0 Å². The highest BCUT2D eigenvalue weighted by Gasteiger charge is 2.43. The number of para-hydroxylation sites is 2. The molecule has 0 saturated heterocycles. The van der Waals surface area contributed by atoms with Crippen molar-refractivity contribution < 1.29 is 75.8 Å². The van der Waals surface area contributed by atoms with Gasteiger partial charge >= 0.3 is 31.4 Å². The number of thiocarbonyl (C=S) groups is 1. The van der Waals surface area contributed by atoms with Gasteiger partial charge in [0.1, 0.15) is 66.1 Å². The highest BCUT2D eigenvalue weighted by atomic mass is 32.5. The standard InChI is InChI=1S/2C24H28NO3PS.C21H30NO3PS.C15H24NO3PS.C14H22NO3PS.4H2/c1-18(23(30)27-17-19-11-6-5-7-12-19)25-29(26,24(2,3)4)28-22-16-10-14-20-13-8-9-15-21(20)22;1-18(23(26)27-17-19-11-6-5-7-12-19)25-29(30,24(2,3)4)28-22-16-10-14-20-13-8-9-15-21(20)22;1-15(2)26(27,22-16(3)20(23)24-14-21(4,5)6)25-19-13-9-11-17-10-7-8-12-18(17)19;1-6-18-14(17)12(2)16-20(21,15(3,4)5)19-13-10-8-7-9-11-13;1-5-17-14(16)12(4)15-19(20,11(2)3)18-13-9-7-6-8-10-13;;;;/h5-16,18H,17H2,1-4H3,(H,25,26);5-16,18H,17H2,1-4H3,(H,25,30);7-13,15-16H,14H2,1-6H3,(H,22,27);7-12H,6H2,1-5H3,(H,16,21);6-12H,5H2,1-4H3,(H,15,20);4*1H/t2*18-,29?;16-,26?;12-,20?;12-,19?;;;;/m01110..../s1. The zero-order valence-electron chi connectivity index (χ0n) is 78.1. The number of hydrogen-bond donors (Lipinski definition) is 5. The summed E-state index contributed by atoms with van der Waals surface area (Å²) >= 11 is 28.8. The minimum absolute atomic E-state index is 0. The van der Waals surface area contributed by atoms with Gasteiger partial charge < -0.3 is 46.3 Å². The molecule has 702 valence electrons. The van der Waals surface area contributed by atoms with E-state index in [4.69, 9.17) is 106 Å². The summed E-state index contributed by atoms with van der Waals surface area (Å²) in [7, 11) is -3.35. The molecule has 30 heteroatoms. The Hall–Kier alpha value is -7.62. The van der Waals surface area contributed by atoms with Crippen molar-refractivity contribution in [3.8, 4) is 28.7 Å². The molecule has 0 aliphatic rings. The molecule has 10 rings (SSSR count). The van der Waals surface area contributed by atoms with Crippen LogP contribution in [-0.4, -0.2) is 106 Å². The van der Waals surface area contributed by atoms with Crippen LogP contribution in [0.15, 0.2) is 249 Å². The van der Waals surface area contributed by atoms with E-state index >= 15 is 0 Å². The van der Waals surface area contributed by atoms with E-state index in [0.29, 0.717) is 48.7 Å². The topological polar surface area (TPSA) is 238 Å². The van der Waals surface area contributed by atoms with Crippen molar-refractivity contribution in [3.63, 3.8) is 0 Å². The molecule has 0 bridgehead atoms. The lowest BCUT2D eigenvalue weighted by Crippen LogP contribution is -2.39. The van der Waals surface area contributed by atoms with E-state index in [1.54, 1.807) is 41.5 Å². The van der Waals surface area contributed by atoms with Crippen molar-refractivity contribution in [1.82, 2.24) is 25.4 Å². The van der Waals surface area contributed by atoms with Gasteiger partial charge in [-0.3, -0.25) is 23.7 Å². The van der Waals surface area contributed by atoms with Crippen LogP contribution in [0.2, 0.25) is 0 Å². The van der Waals surface area contributed by atoms with Crippen LogP contribution in [0, 0.1) is 5.41 Å². The fourth-order valence-corrected chi connectivity index (χ4v) is 23.1. The fraction of sp³-hybridized carbons (Fsp3) is 0.398. The average molecular weight is 1940 g/mol. The van der Waals surface area contributed by atoms with E-state index in [-0.39, 0.29) is 63.2 Å². The number of nitrogens with one attached hydrogen (secondary N) is 5. The third-order valence-electron chi connectivity index (χ3n) is 19.2. The summed E-state index contributed by atoms with van der Waals surface area (Å²) in [5.74, 6) is 2.21. The molecule has 5 N–H and O–H groups in total. The quantitative estimate of drug-likeness (QED) is 0.0109. The zero-order chi connectivity index (χ0) is 95.1. The Balaban J connectivity index is 0.000000559. The van der Waals surface area contributed by atoms with Gasteiger partial charge in [0.25, 0.3) is 0 Å². The van der Waals surface area contributed by atoms with E-state index in [2.05, 4.69) is 25.4 Å². The summed E-state index contributed by atoms with van der Waals surface area (Å²) in [5, 5.41) is 21.3.